The Morgan fingerprint density at radius 3 is 3.14 bits per heavy atom. The molecule has 0 unspecified atom stereocenters. The van der Waals surface area contributed by atoms with E-state index in [0.29, 0.717) is 5.88 Å². The molecule has 0 saturated carbocycles. The summed E-state index contributed by atoms with van der Waals surface area (Å²) in [6, 6.07) is 5.57. The van der Waals surface area contributed by atoms with Gasteiger partial charge in [-0.05, 0) is 12.5 Å². The van der Waals surface area contributed by atoms with Gasteiger partial charge in [-0.3, -0.25) is 0 Å². The number of rotatable bonds is 5. The normalized spacial score (nSPS) is 9.14. The number of terminal acetylenes is 1. The third kappa shape index (κ3) is 3.36. The van der Waals surface area contributed by atoms with Crippen LogP contribution in [0, 0.1) is 12.3 Å². The van der Waals surface area contributed by atoms with Gasteiger partial charge in [0, 0.05) is 12.6 Å². The van der Waals surface area contributed by atoms with Gasteiger partial charge in [-0.15, -0.1) is 6.42 Å². The molecule has 14 heavy (non-hydrogen) atoms. The van der Waals surface area contributed by atoms with Gasteiger partial charge in [0.15, 0.2) is 6.61 Å². The first kappa shape index (κ1) is 10.4. The molecule has 0 radical (unpaired) electrons. The lowest BCUT2D eigenvalue weighted by Crippen LogP contribution is -2.03. The van der Waals surface area contributed by atoms with E-state index >= 15 is 0 Å². The third-order valence-electron chi connectivity index (χ3n) is 1.58. The lowest BCUT2D eigenvalue weighted by Gasteiger charge is -2.05. The Kier molecular flexibility index (Phi) is 4.36. The van der Waals surface area contributed by atoms with Gasteiger partial charge in [0.1, 0.15) is 5.82 Å². The van der Waals surface area contributed by atoms with E-state index in [-0.39, 0.29) is 6.61 Å². The van der Waals surface area contributed by atoms with Crippen LogP contribution in [0.3, 0.4) is 0 Å². The number of nitrogens with one attached hydrogen (secondary N) is 1. The molecule has 3 heteroatoms. The van der Waals surface area contributed by atoms with Crippen molar-refractivity contribution in [3.8, 4) is 18.2 Å². The molecule has 3 nitrogen and oxygen atoms in total. The van der Waals surface area contributed by atoms with Crippen LogP contribution in [-0.4, -0.2) is 18.1 Å². The lowest BCUT2D eigenvalue weighted by atomic mass is 10.4. The minimum absolute atomic E-state index is 0.254. The van der Waals surface area contributed by atoms with Crippen LogP contribution in [0.25, 0.3) is 0 Å². The monoisotopic (exact) mass is 190 g/mol. The average molecular weight is 190 g/mol. The van der Waals surface area contributed by atoms with Gasteiger partial charge in [-0.25, -0.2) is 0 Å². The molecular weight excluding hydrogens is 176 g/mol. The van der Waals surface area contributed by atoms with Gasteiger partial charge in [0.05, 0.1) is 0 Å². The van der Waals surface area contributed by atoms with Crippen molar-refractivity contribution in [1.82, 2.24) is 4.98 Å². The number of aromatic nitrogens is 1. The fraction of sp³-hybridized carbons (Fsp3) is 0.364. The van der Waals surface area contributed by atoms with Gasteiger partial charge >= 0.3 is 0 Å². The molecule has 0 fully saturated rings. The highest BCUT2D eigenvalue weighted by Crippen LogP contribution is 2.10. The smallest absolute Gasteiger partial charge is 0.216 e. The van der Waals surface area contributed by atoms with E-state index in [9.17, 15) is 0 Å². The standard InChI is InChI=1S/C11H14N2O/c1-3-8-12-10-6-5-7-11(13-10)14-9-4-2/h2,5-7H,3,8-9H2,1H3,(H,12,13). The first-order chi connectivity index (χ1) is 6.86. The van der Waals surface area contributed by atoms with Crippen molar-refractivity contribution in [3.05, 3.63) is 18.2 Å². The summed E-state index contributed by atoms with van der Waals surface area (Å²) < 4.78 is 5.19. The van der Waals surface area contributed by atoms with Crippen molar-refractivity contribution in [1.29, 1.82) is 0 Å². The van der Waals surface area contributed by atoms with E-state index in [2.05, 4.69) is 23.1 Å². The summed E-state index contributed by atoms with van der Waals surface area (Å²) in [5, 5.41) is 3.17. The Hall–Kier alpha value is -1.69. The minimum atomic E-state index is 0.254. The molecule has 0 amide bonds. The second-order valence-corrected chi connectivity index (χ2v) is 2.78. The maximum atomic E-state index is 5.19. The summed E-state index contributed by atoms with van der Waals surface area (Å²) in [7, 11) is 0. The quantitative estimate of drug-likeness (QED) is 0.720. The van der Waals surface area contributed by atoms with Crippen molar-refractivity contribution in [3.63, 3.8) is 0 Å². The zero-order valence-corrected chi connectivity index (χ0v) is 8.29. The van der Waals surface area contributed by atoms with Crippen LogP contribution in [-0.2, 0) is 0 Å². The largest absolute Gasteiger partial charge is 0.464 e. The van der Waals surface area contributed by atoms with Crippen molar-refractivity contribution in [2.45, 2.75) is 13.3 Å². The molecular formula is C11H14N2O. The Labute approximate surface area is 84.5 Å². The van der Waals surface area contributed by atoms with E-state index in [1.54, 1.807) is 6.07 Å². The molecule has 1 rings (SSSR count). The van der Waals surface area contributed by atoms with E-state index in [4.69, 9.17) is 11.2 Å². The number of anilines is 1. The molecule has 0 spiro atoms. The summed E-state index contributed by atoms with van der Waals surface area (Å²) >= 11 is 0. The number of nitrogens with zero attached hydrogens (tertiary/aromatic N) is 1. The zero-order chi connectivity index (χ0) is 10.2. The molecule has 0 atom stereocenters. The summed E-state index contributed by atoms with van der Waals surface area (Å²) in [6.45, 7) is 3.27. The van der Waals surface area contributed by atoms with E-state index in [0.717, 1.165) is 18.8 Å². The summed E-state index contributed by atoms with van der Waals surface area (Å²) in [4.78, 5) is 4.22. The van der Waals surface area contributed by atoms with Crippen LogP contribution in [0.15, 0.2) is 18.2 Å². The van der Waals surface area contributed by atoms with E-state index < -0.39 is 0 Å². The van der Waals surface area contributed by atoms with Crippen LogP contribution in [0.4, 0.5) is 5.82 Å². The van der Waals surface area contributed by atoms with Crippen LogP contribution in [0.5, 0.6) is 5.88 Å². The van der Waals surface area contributed by atoms with Crippen LogP contribution < -0.4 is 10.1 Å². The van der Waals surface area contributed by atoms with Crippen LogP contribution >= 0.6 is 0 Å². The summed E-state index contributed by atoms with van der Waals surface area (Å²) in [6.07, 6.45) is 6.14. The number of pyridine rings is 1. The summed E-state index contributed by atoms with van der Waals surface area (Å²) in [5.41, 5.74) is 0. The first-order valence-electron chi connectivity index (χ1n) is 4.64. The third-order valence-corrected chi connectivity index (χ3v) is 1.58. The second-order valence-electron chi connectivity index (χ2n) is 2.78. The predicted octanol–water partition coefficient (Wildman–Crippen LogP) is 1.92. The molecule has 0 bridgehead atoms. The molecule has 0 aliphatic carbocycles. The number of hydrogen-bond donors (Lipinski definition) is 1. The van der Waals surface area contributed by atoms with Crippen molar-refractivity contribution >= 4 is 5.82 Å². The molecule has 0 aliphatic rings. The highest BCUT2D eigenvalue weighted by Gasteiger charge is 1.96. The number of hydrogen-bond acceptors (Lipinski definition) is 3. The highest BCUT2D eigenvalue weighted by molar-refractivity contribution is 5.36. The molecule has 1 aromatic heterocycles. The molecule has 1 aromatic rings. The van der Waals surface area contributed by atoms with Crippen LogP contribution in [0.2, 0.25) is 0 Å². The Morgan fingerprint density at radius 1 is 1.57 bits per heavy atom. The first-order valence-corrected chi connectivity index (χ1v) is 4.64. The maximum Gasteiger partial charge on any atom is 0.216 e. The van der Waals surface area contributed by atoms with Crippen molar-refractivity contribution in [2.75, 3.05) is 18.5 Å². The fourth-order valence-corrected chi connectivity index (χ4v) is 0.962. The van der Waals surface area contributed by atoms with Crippen molar-refractivity contribution < 1.29 is 4.74 Å². The predicted molar refractivity (Wildman–Crippen MR) is 57.3 cm³/mol. The summed E-state index contributed by atoms with van der Waals surface area (Å²) in [5.74, 6) is 3.78. The minimum Gasteiger partial charge on any atom is -0.464 e. The van der Waals surface area contributed by atoms with E-state index in [1.807, 2.05) is 12.1 Å². The SMILES string of the molecule is C#CCOc1cccc(NCCC)n1. The zero-order valence-electron chi connectivity index (χ0n) is 8.29. The second kappa shape index (κ2) is 5.87. The van der Waals surface area contributed by atoms with Gasteiger partial charge in [0.2, 0.25) is 5.88 Å². The Bertz CT molecular complexity index is 317. The average Bonchev–Trinajstić information content (AvgIpc) is 2.24. The molecule has 74 valence electrons. The molecule has 0 saturated heterocycles. The molecule has 1 N–H and O–H groups in total. The molecule has 1 heterocycles. The van der Waals surface area contributed by atoms with Crippen molar-refractivity contribution in [2.24, 2.45) is 0 Å². The van der Waals surface area contributed by atoms with Gasteiger partial charge in [-0.2, -0.15) is 4.98 Å². The maximum absolute atomic E-state index is 5.19. The lowest BCUT2D eigenvalue weighted by molar-refractivity contribution is 0.356. The van der Waals surface area contributed by atoms with E-state index in [1.165, 1.54) is 0 Å². The Balaban J connectivity index is 2.55. The Morgan fingerprint density at radius 2 is 2.43 bits per heavy atom. The fourth-order valence-electron chi connectivity index (χ4n) is 0.962. The highest BCUT2D eigenvalue weighted by atomic mass is 16.5. The molecule has 0 aliphatic heterocycles. The molecule has 0 aromatic carbocycles. The topological polar surface area (TPSA) is 34.1 Å². The van der Waals surface area contributed by atoms with Crippen LogP contribution in [0.1, 0.15) is 13.3 Å². The van der Waals surface area contributed by atoms with Gasteiger partial charge < -0.3 is 10.1 Å². The number of ether oxygens (including phenoxy) is 1. The van der Waals surface area contributed by atoms with Gasteiger partial charge in [-0.1, -0.05) is 18.9 Å². The van der Waals surface area contributed by atoms with Gasteiger partial charge in [0.25, 0.3) is 0 Å².